The van der Waals surface area contributed by atoms with Gasteiger partial charge in [-0.2, -0.15) is 9.61 Å². The Morgan fingerprint density at radius 1 is 1.26 bits per heavy atom. The SMILES string of the molecule is Cc1cc(NC2CCCCCC2O)n2ncnc2c1. The Labute approximate surface area is 112 Å². The number of fused-ring (bicyclic) bond motifs is 1. The molecule has 2 atom stereocenters. The van der Waals surface area contributed by atoms with Gasteiger partial charge in [0, 0.05) is 0 Å². The van der Waals surface area contributed by atoms with Crippen molar-refractivity contribution >= 4 is 11.5 Å². The molecule has 1 saturated carbocycles. The summed E-state index contributed by atoms with van der Waals surface area (Å²) < 4.78 is 1.80. The van der Waals surface area contributed by atoms with Gasteiger partial charge in [0.1, 0.15) is 12.1 Å². The average Bonchev–Trinajstić information content (AvgIpc) is 2.75. The van der Waals surface area contributed by atoms with Crippen LogP contribution in [0.2, 0.25) is 0 Å². The number of hydrogen-bond donors (Lipinski definition) is 2. The maximum Gasteiger partial charge on any atom is 0.157 e. The van der Waals surface area contributed by atoms with Gasteiger partial charge < -0.3 is 10.4 Å². The molecule has 0 aromatic carbocycles. The Bertz CT molecular complexity index is 566. The summed E-state index contributed by atoms with van der Waals surface area (Å²) in [5.74, 6) is 0.915. The molecule has 3 rings (SSSR count). The first-order valence-electron chi connectivity index (χ1n) is 6.99. The molecule has 19 heavy (non-hydrogen) atoms. The molecule has 2 heterocycles. The molecule has 0 spiro atoms. The van der Waals surface area contributed by atoms with Gasteiger partial charge in [-0.25, -0.2) is 4.98 Å². The van der Waals surface area contributed by atoms with Gasteiger partial charge in [-0.1, -0.05) is 19.3 Å². The molecule has 1 fully saturated rings. The van der Waals surface area contributed by atoms with E-state index in [0.29, 0.717) is 0 Å². The molecule has 2 aromatic rings. The normalized spacial score (nSPS) is 24.3. The van der Waals surface area contributed by atoms with Crippen molar-refractivity contribution < 1.29 is 5.11 Å². The van der Waals surface area contributed by atoms with Crippen molar-refractivity contribution in [2.45, 2.75) is 51.2 Å². The first-order chi connectivity index (χ1) is 9.24. The Kier molecular flexibility index (Phi) is 3.38. The lowest BCUT2D eigenvalue weighted by Gasteiger charge is -2.23. The molecule has 102 valence electrons. The third kappa shape index (κ3) is 2.56. The summed E-state index contributed by atoms with van der Waals surface area (Å²) >= 11 is 0. The van der Waals surface area contributed by atoms with Crippen LogP contribution in [0, 0.1) is 6.92 Å². The number of aliphatic hydroxyl groups is 1. The number of aliphatic hydroxyl groups excluding tert-OH is 1. The summed E-state index contributed by atoms with van der Waals surface area (Å²) in [6.45, 7) is 2.05. The highest BCUT2D eigenvalue weighted by Crippen LogP contribution is 2.22. The molecule has 5 heteroatoms. The summed E-state index contributed by atoms with van der Waals surface area (Å²) in [5, 5.41) is 17.9. The number of pyridine rings is 1. The van der Waals surface area contributed by atoms with E-state index in [-0.39, 0.29) is 12.1 Å². The van der Waals surface area contributed by atoms with Crippen molar-refractivity contribution in [3.8, 4) is 0 Å². The quantitative estimate of drug-likeness (QED) is 0.812. The van der Waals surface area contributed by atoms with Gasteiger partial charge in [0.05, 0.1) is 12.1 Å². The number of anilines is 1. The van der Waals surface area contributed by atoms with Gasteiger partial charge in [-0.3, -0.25) is 0 Å². The van der Waals surface area contributed by atoms with Crippen LogP contribution in [-0.2, 0) is 0 Å². The standard InChI is InChI=1S/C14H20N4O/c1-10-7-13-15-9-16-18(13)14(8-10)17-11-5-3-2-4-6-12(11)19/h7-9,11-12,17,19H,2-6H2,1H3. The molecular weight excluding hydrogens is 240 g/mol. The minimum absolute atomic E-state index is 0.108. The molecule has 1 aliphatic carbocycles. The van der Waals surface area contributed by atoms with E-state index in [2.05, 4.69) is 21.5 Å². The molecule has 2 N–H and O–H groups in total. The molecule has 0 amide bonds. The molecule has 2 aromatic heterocycles. The highest BCUT2D eigenvalue weighted by molar-refractivity contribution is 5.51. The van der Waals surface area contributed by atoms with Gasteiger partial charge in [-0.05, 0) is 37.5 Å². The fourth-order valence-corrected chi connectivity index (χ4v) is 2.81. The summed E-state index contributed by atoms with van der Waals surface area (Å²) in [7, 11) is 0. The van der Waals surface area contributed by atoms with Crippen LogP contribution in [0.1, 0.15) is 37.7 Å². The first-order valence-corrected chi connectivity index (χ1v) is 6.99. The van der Waals surface area contributed by atoms with E-state index < -0.39 is 0 Å². The zero-order valence-electron chi connectivity index (χ0n) is 11.2. The summed E-state index contributed by atoms with van der Waals surface area (Å²) in [5.41, 5.74) is 1.98. The van der Waals surface area contributed by atoms with Gasteiger partial charge in [0.25, 0.3) is 0 Å². The number of nitrogens with one attached hydrogen (secondary N) is 1. The van der Waals surface area contributed by atoms with Crippen molar-refractivity contribution in [2.75, 3.05) is 5.32 Å². The van der Waals surface area contributed by atoms with Crippen LogP contribution < -0.4 is 5.32 Å². The molecule has 0 bridgehead atoms. The van der Waals surface area contributed by atoms with Crippen LogP contribution in [0.4, 0.5) is 5.82 Å². The zero-order valence-corrected chi connectivity index (χ0v) is 11.2. The van der Waals surface area contributed by atoms with Crippen molar-refractivity contribution in [3.63, 3.8) is 0 Å². The van der Waals surface area contributed by atoms with E-state index in [0.717, 1.165) is 36.3 Å². The van der Waals surface area contributed by atoms with E-state index >= 15 is 0 Å². The molecule has 5 nitrogen and oxygen atoms in total. The monoisotopic (exact) mass is 260 g/mol. The molecule has 2 unspecified atom stereocenters. The topological polar surface area (TPSA) is 62.5 Å². The Hall–Kier alpha value is -1.62. The predicted molar refractivity (Wildman–Crippen MR) is 74.2 cm³/mol. The lowest BCUT2D eigenvalue weighted by atomic mass is 10.1. The Morgan fingerprint density at radius 2 is 2.11 bits per heavy atom. The smallest absolute Gasteiger partial charge is 0.157 e. The fraction of sp³-hybridized carbons (Fsp3) is 0.571. The van der Waals surface area contributed by atoms with E-state index in [1.807, 2.05) is 13.0 Å². The van der Waals surface area contributed by atoms with Crippen LogP contribution in [0.25, 0.3) is 5.65 Å². The van der Waals surface area contributed by atoms with E-state index in [4.69, 9.17) is 0 Å². The fourth-order valence-electron chi connectivity index (χ4n) is 2.81. The number of rotatable bonds is 2. The molecule has 1 aliphatic rings. The van der Waals surface area contributed by atoms with Gasteiger partial charge in [0.15, 0.2) is 5.65 Å². The van der Waals surface area contributed by atoms with E-state index in [1.165, 1.54) is 12.8 Å². The van der Waals surface area contributed by atoms with Crippen molar-refractivity contribution in [2.24, 2.45) is 0 Å². The molecule has 0 radical (unpaired) electrons. The highest BCUT2D eigenvalue weighted by atomic mass is 16.3. The van der Waals surface area contributed by atoms with Gasteiger partial charge >= 0.3 is 0 Å². The van der Waals surface area contributed by atoms with Gasteiger partial charge in [0.2, 0.25) is 0 Å². The van der Waals surface area contributed by atoms with Crippen LogP contribution in [-0.4, -0.2) is 31.9 Å². The zero-order chi connectivity index (χ0) is 13.2. The predicted octanol–water partition coefficient (Wildman–Crippen LogP) is 2.14. The van der Waals surface area contributed by atoms with Crippen molar-refractivity contribution in [1.29, 1.82) is 0 Å². The van der Waals surface area contributed by atoms with Crippen molar-refractivity contribution in [1.82, 2.24) is 14.6 Å². The summed E-state index contributed by atoms with van der Waals surface area (Å²) in [6, 6.07) is 4.16. The maximum absolute atomic E-state index is 10.2. The van der Waals surface area contributed by atoms with Gasteiger partial charge in [-0.15, -0.1) is 0 Å². The van der Waals surface area contributed by atoms with Crippen LogP contribution in [0.5, 0.6) is 0 Å². The molecule has 0 saturated heterocycles. The van der Waals surface area contributed by atoms with Crippen molar-refractivity contribution in [3.05, 3.63) is 24.0 Å². The first kappa shape index (κ1) is 12.4. The summed E-state index contributed by atoms with van der Waals surface area (Å²) in [4.78, 5) is 4.22. The Balaban J connectivity index is 1.89. The lowest BCUT2D eigenvalue weighted by molar-refractivity contribution is 0.144. The minimum atomic E-state index is -0.276. The molecular formula is C14H20N4O. The average molecular weight is 260 g/mol. The van der Waals surface area contributed by atoms with Crippen LogP contribution in [0.3, 0.4) is 0 Å². The number of nitrogens with zero attached hydrogens (tertiary/aromatic N) is 3. The summed E-state index contributed by atoms with van der Waals surface area (Å²) in [6.07, 6.45) is 6.66. The maximum atomic E-state index is 10.2. The largest absolute Gasteiger partial charge is 0.391 e. The van der Waals surface area contributed by atoms with Crippen LogP contribution in [0.15, 0.2) is 18.5 Å². The lowest BCUT2D eigenvalue weighted by Crippen LogP contribution is -2.33. The molecule has 0 aliphatic heterocycles. The number of aromatic nitrogens is 3. The van der Waals surface area contributed by atoms with E-state index in [1.54, 1.807) is 10.8 Å². The number of aryl methyl sites for hydroxylation is 1. The third-order valence-corrected chi connectivity index (χ3v) is 3.84. The Morgan fingerprint density at radius 3 is 3.00 bits per heavy atom. The second-order valence-corrected chi connectivity index (χ2v) is 5.40. The van der Waals surface area contributed by atoms with E-state index in [9.17, 15) is 5.11 Å². The number of hydrogen-bond acceptors (Lipinski definition) is 4. The van der Waals surface area contributed by atoms with Crippen LogP contribution >= 0.6 is 0 Å². The minimum Gasteiger partial charge on any atom is -0.391 e. The second kappa shape index (κ2) is 5.17. The highest BCUT2D eigenvalue weighted by Gasteiger charge is 2.22. The second-order valence-electron chi connectivity index (χ2n) is 5.40. The third-order valence-electron chi connectivity index (χ3n) is 3.84.